The zero-order chi connectivity index (χ0) is 12.2. The zero-order valence-electron chi connectivity index (χ0n) is 8.60. The maximum atomic E-state index is 11.7. The lowest BCUT2D eigenvalue weighted by atomic mass is 10.1. The lowest BCUT2D eigenvalue weighted by molar-refractivity contribution is 0.1000. The van der Waals surface area contributed by atoms with Gasteiger partial charge in [0.05, 0.1) is 4.90 Å². The van der Waals surface area contributed by atoms with Crippen molar-refractivity contribution in [2.75, 3.05) is 0 Å². The molecule has 1 aliphatic rings. The summed E-state index contributed by atoms with van der Waals surface area (Å²) in [6.07, 6.45) is 0.332. The van der Waals surface area contributed by atoms with Gasteiger partial charge < -0.3 is 0 Å². The van der Waals surface area contributed by atoms with E-state index in [2.05, 4.69) is 0 Å². The van der Waals surface area contributed by atoms with Gasteiger partial charge in [0.25, 0.3) is 9.05 Å². The highest BCUT2D eigenvalue weighted by atomic mass is 35.7. The molecule has 0 amide bonds. The second-order valence-corrected chi connectivity index (χ2v) is 6.52. The fourth-order valence-electron chi connectivity index (χ4n) is 2.31. The highest BCUT2D eigenvalue weighted by Gasteiger charge is 2.25. The van der Waals surface area contributed by atoms with Crippen molar-refractivity contribution in [1.82, 2.24) is 0 Å². The number of hydrogen-bond donors (Lipinski definition) is 0. The molecule has 2 aromatic carbocycles. The predicted octanol–water partition coefficient (Wildman–Crippen LogP) is 2.51. The summed E-state index contributed by atoms with van der Waals surface area (Å²) in [4.78, 5) is 11.8. The van der Waals surface area contributed by atoms with E-state index in [9.17, 15) is 13.2 Å². The molecule has 0 spiro atoms. The molecule has 2 aromatic rings. The molecule has 3 nitrogen and oxygen atoms in total. The smallest absolute Gasteiger partial charge is 0.261 e. The molecule has 17 heavy (non-hydrogen) atoms. The van der Waals surface area contributed by atoms with Crippen LogP contribution in [0.15, 0.2) is 35.2 Å². The van der Waals surface area contributed by atoms with E-state index in [0.717, 1.165) is 10.9 Å². The number of rotatable bonds is 1. The maximum Gasteiger partial charge on any atom is 0.261 e. The molecule has 0 aromatic heterocycles. The van der Waals surface area contributed by atoms with Crippen LogP contribution in [0, 0.1) is 0 Å². The van der Waals surface area contributed by atoms with Gasteiger partial charge in [-0.3, -0.25) is 4.79 Å². The molecule has 0 bridgehead atoms. The highest BCUT2D eigenvalue weighted by molar-refractivity contribution is 8.14. The molecule has 0 heterocycles. The molecule has 0 N–H and O–H groups in total. The number of hydrogen-bond acceptors (Lipinski definition) is 3. The number of carbonyl (C=O) groups excluding carboxylic acids is 1. The average molecular weight is 267 g/mol. The summed E-state index contributed by atoms with van der Waals surface area (Å²) in [5, 5.41) is 1.25. The number of benzene rings is 2. The summed E-state index contributed by atoms with van der Waals surface area (Å²) in [6.45, 7) is 0. The van der Waals surface area contributed by atoms with Crippen LogP contribution >= 0.6 is 10.7 Å². The Balaban J connectivity index is 2.54. The van der Waals surface area contributed by atoms with E-state index in [4.69, 9.17) is 10.7 Å². The van der Waals surface area contributed by atoms with Crippen LogP contribution in [-0.2, 0) is 15.5 Å². The van der Waals surface area contributed by atoms with E-state index in [1.54, 1.807) is 24.3 Å². The molecule has 0 saturated carbocycles. The van der Waals surface area contributed by atoms with Crippen LogP contribution in [0.25, 0.3) is 10.8 Å². The van der Waals surface area contributed by atoms with Crippen molar-refractivity contribution in [3.05, 3.63) is 41.5 Å². The third-order valence-electron chi connectivity index (χ3n) is 3.00. The SMILES string of the molecule is O=C1Cc2ccc(S(=O)(=O)Cl)c3cccc1c23. The predicted molar refractivity (Wildman–Crippen MR) is 65.0 cm³/mol. The maximum absolute atomic E-state index is 11.7. The van der Waals surface area contributed by atoms with Gasteiger partial charge in [0.2, 0.25) is 0 Å². The van der Waals surface area contributed by atoms with Gasteiger partial charge >= 0.3 is 0 Å². The van der Waals surface area contributed by atoms with Crippen LogP contribution in [0.3, 0.4) is 0 Å². The van der Waals surface area contributed by atoms with E-state index in [1.807, 2.05) is 0 Å². The first-order chi connectivity index (χ1) is 7.98. The van der Waals surface area contributed by atoms with Gasteiger partial charge in [0.1, 0.15) is 0 Å². The van der Waals surface area contributed by atoms with Gasteiger partial charge in [-0.05, 0) is 17.0 Å². The Hall–Kier alpha value is -1.39. The van der Waals surface area contributed by atoms with Gasteiger partial charge in [-0.15, -0.1) is 0 Å². The Morgan fingerprint density at radius 3 is 2.59 bits per heavy atom. The first kappa shape index (κ1) is 10.7. The molecular weight excluding hydrogens is 260 g/mol. The van der Waals surface area contributed by atoms with Crippen LogP contribution in [0.5, 0.6) is 0 Å². The van der Waals surface area contributed by atoms with Crippen molar-refractivity contribution in [3.8, 4) is 0 Å². The lowest BCUT2D eigenvalue weighted by Gasteiger charge is -2.05. The first-order valence-electron chi connectivity index (χ1n) is 5.01. The Labute approximate surface area is 102 Å². The Morgan fingerprint density at radius 2 is 1.88 bits per heavy atom. The number of Topliss-reactive ketones (excluding diaryl/α,β-unsaturated/α-hetero) is 1. The topological polar surface area (TPSA) is 51.2 Å². The average Bonchev–Trinajstić information content (AvgIpc) is 2.57. The van der Waals surface area contributed by atoms with Crippen molar-refractivity contribution in [2.24, 2.45) is 0 Å². The summed E-state index contributed by atoms with van der Waals surface area (Å²) in [5.74, 6) is 0.0229. The van der Waals surface area contributed by atoms with Gasteiger partial charge in [-0.25, -0.2) is 8.42 Å². The fraction of sp³-hybridized carbons (Fsp3) is 0.0833. The molecule has 0 aliphatic heterocycles. The Bertz CT molecular complexity index is 763. The largest absolute Gasteiger partial charge is 0.294 e. The van der Waals surface area contributed by atoms with Gasteiger partial charge in [0.15, 0.2) is 5.78 Å². The Kier molecular flexibility index (Phi) is 2.09. The van der Waals surface area contributed by atoms with Crippen molar-refractivity contribution >= 4 is 36.3 Å². The molecule has 5 heteroatoms. The normalized spacial score (nSPS) is 14.5. The lowest BCUT2D eigenvalue weighted by Crippen LogP contribution is -1.93. The number of ketones is 1. The fourth-order valence-corrected chi connectivity index (χ4v) is 3.38. The first-order valence-corrected chi connectivity index (χ1v) is 7.32. The zero-order valence-corrected chi connectivity index (χ0v) is 10.2. The second-order valence-electron chi connectivity index (χ2n) is 3.99. The van der Waals surface area contributed by atoms with Gasteiger partial charge in [0, 0.05) is 28.1 Å². The standard InChI is InChI=1S/C12H7ClO3S/c13-17(15,16)11-5-4-7-6-10(14)8-2-1-3-9(11)12(7)8/h1-5H,6H2. The van der Waals surface area contributed by atoms with Crippen molar-refractivity contribution in [3.63, 3.8) is 0 Å². The molecule has 0 radical (unpaired) electrons. The summed E-state index contributed by atoms with van der Waals surface area (Å²) in [6, 6.07) is 8.19. The monoisotopic (exact) mass is 266 g/mol. The molecule has 86 valence electrons. The summed E-state index contributed by atoms with van der Waals surface area (Å²) in [7, 11) is 1.59. The van der Waals surface area contributed by atoms with Crippen LogP contribution in [0.2, 0.25) is 0 Å². The minimum absolute atomic E-state index is 0.0229. The summed E-state index contributed by atoms with van der Waals surface area (Å²) in [5.41, 5.74) is 1.45. The van der Waals surface area contributed by atoms with Crippen molar-refractivity contribution in [1.29, 1.82) is 0 Å². The molecule has 0 unspecified atom stereocenters. The number of halogens is 1. The molecule has 1 aliphatic carbocycles. The second kappa shape index (κ2) is 3.31. The Morgan fingerprint density at radius 1 is 1.12 bits per heavy atom. The van der Waals surface area contributed by atoms with Crippen molar-refractivity contribution < 1.29 is 13.2 Å². The number of carbonyl (C=O) groups is 1. The van der Waals surface area contributed by atoms with Crippen LogP contribution in [-0.4, -0.2) is 14.2 Å². The quantitative estimate of drug-likeness (QED) is 0.745. The molecule has 0 atom stereocenters. The minimum Gasteiger partial charge on any atom is -0.294 e. The third kappa shape index (κ3) is 1.48. The van der Waals surface area contributed by atoms with E-state index in [0.29, 0.717) is 17.4 Å². The van der Waals surface area contributed by atoms with E-state index < -0.39 is 9.05 Å². The molecule has 0 fully saturated rings. The van der Waals surface area contributed by atoms with E-state index in [1.165, 1.54) is 6.07 Å². The van der Waals surface area contributed by atoms with E-state index >= 15 is 0 Å². The van der Waals surface area contributed by atoms with Crippen LogP contribution in [0.1, 0.15) is 15.9 Å². The molecule has 0 saturated heterocycles. The van der Waals surface area contributed by atoms with Crippen LogP contribution < -0.4 is 0 Å². The molecular formula is C12H7ClO3S. The highest BCUT2D eigenvalue weighted by Crippen LogP contribution is 2.35. The van der Waals surface area contributed by atoms with Gasteiger partial charge in [-0.1, -0.05) is 24.3 Å². The summed E-state index contributed by atoms with van der Waals surface area (Å²) >= 11 is 0. The van der Waals surface area contributed by atoms with Crippen molar-refractivity contribution in [2.45, 2.75) is 11.3 Å². The van der Waals surface area contributed by atoms with Gasteiger partial charge in [-0.2, -0.15) is 0 Å². The minimum atomic E-state index is -3.79. The summed E-state index contributed by atoms with van der Waals surface area (Å²) < 4.78 is 22.9. The molecule has 3 rings (SSSR count). The third-order valence-corrected chi connectivity index (χ3v) is 4.38. The van der Waals surface area contributed by atoms with Crippen LogP contribution in [0.4, 0.5) is 0 Å². The van der Waals surface area contributed by atoms with E-state index in [-0.39, 0.29) is 10.7 Å².